The van der Waals surface area contributed by atoms with Gasteiger partial charge >= 0.3 is 0 Å². The van der Waals surface area contributed by atoms with Gasteiger partial charge in [-0.05, 0) is 29.8 Å². The number of ether oxygens (including phenoxy) is 1. The first-order chi connectivity index (χ1) is 8.74. The average Bonchev–Trinajstić information content (AvgIpc) is 2.38. The van der Waals surface area contributed by atoms with Gasteiger partial charge in [-0.3, -0.25) is 10.1 Å². The van der Waals surface area contributed by atoms with Crippen LogP contribution in [0.3, 0.4) is 0 Å². The Hall–Kier alpha value is -2.36. The largest absolute Gasteiger partial charge is 0.489 e. The van der Waals surface area contributed by atoms with Crippen molar-refractivity contribution in [1.29, 1.82) is 0 Å². The number of rotatable bonds is 5. The molecule has 0 N–H and O–H groups in total. The van der Waals surface area contributed by atoms with E-state index >= 15 is 0 Å². The minimum atomic E-state index is -0.347. The van der Waals surface area contributed by atoms with Crippen molar-refractivity contribution >= 4 is 0 Å². The first-order valence-electron chi connectivity index (χ1n) is 5.61. The van der Waals surface area contributed by atoms with E-state index in [0.29, 0.717) is 17.9 Å². The summed E-state index contributed by atoms with van der Waals surface area (Å²) >= 11 is 0. The molecule has 0 radical (unpaired) electrons. The van der Waals surface area contributed by atoms with Crippen LogP contribution in [-0.4, -0.2) is 4.92 Å². The Morgan fingerprint density at radius 2 is 1.61 bits per heavy atom. The van der Waals surface area contributed by atoms with E-state index < -0.39 is 0 Å². The molecule has 0 unspecified atom stereocenters. The van der Waals surface area contributed by atoms with Gasteiger partial charge in [-0.25, -0.2) is 0 Å². The van der Waals surface area contributed by atoms with Gasteiger partial charge in [0.2, 0.25) is 6.54 Å². The maximum atomic E-state index is 10.3. The molecule has 0 saturated heterocycles. The van der Waals surface area contributed by atoms with Gasteiger partial charge in [-0.2, -0.15) is 0 Å². The monoisotopic (exact) mass is 243 g/mol. The maximum Gasteiger partial charge on any atom is 0.228 e. The summed E-state index contributed by atoms with van der Waals surface area (Å²) in [6.45, 7) is 0.342. The molecule has 2 rings (SSSR count). The van der Waals surface area contributed by atoms with E-state index in [2.05, 4.69) is 0 Å². The lowest BCUT2D eigenvalue weighted by Crippen LogP contribution is -1.98. The smallest absolute Gasteiger partial charge is 0.228 e. The quantitative estimate of drug-likeness (QED) is 0.599. The van der Waals surface area contributed by atoms with Gasteiger partial charge in [0.05, 0.1) is 0 Å². The molecule has 0 aliphatic heterocycles. The molecule has 0 spiro atoms. The maximum absolute atomic E-state index is 10.3. The second-order valence-electron chi connectivity index (χ2n) is 3.91. The molecule has 18 heavy (non-hydrogen) atoms. The van der Waals surface area contributed by atoms with Crippen LogP contribution in [0.4, 0.5) is 0 Å². The van der Waals surface area contributed by atoms with Crippen molar-refractivity contribution in [2.45, 2.75) is 13.2 Å². The summed E-state index contributed by atoms with van der Waals surface area (Å²) in [6, 6.07) is 16.8. The third kappa shape index (κ3) is 3.59. The molecule has 92 valence electrons. The van der Waals surface area contributed by atoms with Crippen molar-refractivity contribution in [3.63, 3.8) is 0 Å². The highest BCUT2D eigenvalue weighted by atomic mass is 16.6. The predicted octanol–water partition coefficient (Wildman–Crippen LogP) is 3.04. The molecule has 4 heteroatoms. The first kappa shape index (κ1) is 12.1. The number of hydrogen-bond acceptors (Lipinski definition) is 3. The van der Waals surface area contributed by atoms with Gasteiger partial charge < -0.3 is 4.74 Å². The zero-order valence-corrected chi connectivity index (χ0v) is 9.78. The van der Waals surface area contributed by atoms with Crippen LogP contribution in [0, 0.1) is 10.1 Å². The molecule has 0 aromatic heterocycles. The topological polar surface area (TPSA) is 52.4 Å². The van der Waals surface area contributed by atoms with Crippen molar-refractivity contribution in [2.24, 2.45) is 0 Å². The van der Waals surface area contributed by atoms with Crippen LogP contribution < -0.4 is 4.74 Å². The molecule has 0 heterocycles. The summed E-state index contributed by atoms with van der Waals surface area (Å²) in [7, 11) is 0. The minimum absolute atomic E-state index is 0.154. The fourth-order valence-corrected chi connectivity index (χ4v) is 1.58. The van der Waals surface area contributed by atoms with E-state index in [1.165, 1.54) is 0 Å². The van der Waals surface area contributed by atoms with Crippen molar-refractivity contribution in [3.8, 4) is 5.75 Å². The number of nitro groups is 1. The summed E-state index contributed by atoms with van der Waals surface area (Å²) in [4.78, 5) is 9.99. The van der Waals surface area contributed by atoms with E-state index in [1.807, 2.05) is 30.3 Å². The highest BCUT2D eigenvalue weighted by molar-refractivity contribution is 5.27. The number of nitrogens with zero attached hydrogens (tertiary/aromatic N) is 1. The molecule has 2 aromatic carbocycles. The van der Waals surface area contributed by atoms with Gasteiger partial charge in [-0.15, -0.1) is 0 Å². The number of hydrogen-bond donors (Lipinski definition) is 0. The van der Waals surface area contributed by atoms with Crippen LogP contribution in [-0.2, 0) is 13.2 Å². The second-order valence-corrected chi connectivity index (χ2v) is 3.91. The highest BCUT2D eigenvalue weighted by Crippen LogP contribution is 2.14. The molecule has 0 saturated carbocycles. The van der Waals surface area contributed by atoms with Crippen LogP contribution >= 0.6 is 0 Å². The summed E-state index contributed by atoms with van der Waals surface area (Å²) in [5.41, 5.74) is 1.76. The minimum Gasteiger partial charge on any atom is -0.489 e. The highest BCUT2D eigenvalue weighted by Gasteiger charge is 2.01. The third-order valence-electron chi connectivity index (χ3n) is 2.48. The molecular formula is C14H13NO3. The zero-order chi connectivity index (χ0) is 12.8. The van der Waals surface area contributed by atoms with Crippen LogP contribution in [0.2, 0.25) is 0 Å². The SMILES string of the molecule is O=[N+]([O-])Cc1ccc(OCc2ccccc2)cc1. The fraction of sp³-hybridized carbons (Fsp3) is 0.143. The molecule has 2 aromatic rings. The van der Waals surface area contributed by atoms with E-state index in [4.69, 9.17) is 4.74 Å². The molecule has 0 aliphatic carbocycles. The summed E-state index contributed by atoms with van der Waals surface area (Å²) < 4.78 is 5.58. The van der Waals surface area contributed by atoms with Crippen LogP contribution in [0.5, 0.6) is 5.75 Å². The summed E-state index contributed by atoms with van der Waals surface area (Å²) in [5.74, 6) is 0.714. The molecule has 0 atom stereocenters. The lowest BCUT2D eigenvalue weighted by atomic mass is 10.2. The molecule has 0 aliphatic rings. The fourth-order valence-electron chi connectivity index (χ4n) is 1.58. The van der Waals surface area contributed by atoms with Gasteiger partial charge in [0.15, 0.2) is 0 Å². The van der Waals surface area contributed by atoms with Gasteiger partial charge in [0.25, 0.3) is 0 Å². The van der Waals surface area contributed by atoms with Crippen molar-refractivity contribution in [2.75, 3.05) is 0 Å². The van der Waals surface area contributed by atoms with E-state index in [0.717, 1.165) is 5.56 Å². The van der Waals surface area contributed by atoms with Crippen molar-refractivity contribution in [3.05, 3.63) is 75.8 Å². The number of benzene rings is 2. The normalized spacial score (nSPS) is 10.0. The Bertz CT molecular complexity index is 508. The van der Waals surface area contributed by atoms with E-state index in [-0.39, 0.29) is 11.5 Å². The van der Waals surface area contributed by atoms with Gasteiger partial charge in [0, 0.05) is 10.5 Å². The van der Waals surface area contributed by atoms with Crippen LogP contribution in [0.25, 0.3) is 0 Å². The lowest BCUT2D eigenvalue weighted by molar-refractivity contribution is -0.496. The van der Waals surface area contributed by atoms with Gasteiger partial charge in [-0.1, -0.05) is 30.3 Å². The van der Waals surface area contributed by atoms with E-state index in [9.17, 15) is 10.1 Å². The van der Waals surface area contributed by atoms with Crippen LogP contribution in [0.1, 0.15) is 11.1 Å². The van der Waals surface area contributed by atoms with Crippen LogP contribution in [0.15, 0.2) is 54.6 Å². The molecule has 0 bridgehead atoms. The first-order valence-corrected chi connectivity index (χ1v) is 5.61. The Morgan fingerprint density at radius 3 is 2.22 bits per heavy atom. The van der Waals surface area contributed by atoms with E-state index in [1.54, 1.807) is 24.3 Å². The molecular weight excluding hydrogens is 230 g/mol. The molecule has 4 nitrogen and oxygen atoms in total. The molecule has 0 fully saturated rings. The Balaban J connectivity index is 1.92. The standard InChI is InChI=1S/C14H13NO3/c16-15(17)10-12-6-8-14(9-7-12)18-11-13-4-2-1-3-5-13/h1-9H,10-11H2. The Labute approximate surface area is 105 Å². The van der Waals surface area contributed by atoms with Crippen molar-refractivity contribution < 1.29 is 9.66 Å². The third-order valence-corrected chi connectivity index (χ3v) is 2.48. The summed E-state index contributed by atoms with van der Waals surface area (Å²) in [6.07, 6.45) is 0. The second kappa shape index (κ2) is 5.82. The Kier molecular flexibility index (Phi) is 3.91. The molecule has 0 amide bonds. The van der Waals surface area contributed by atoms with Gasteiger partial charge in [0.1, 0.15) is 12.4 Å². The lowest BCUT2D eigenvalue weighted by Gasteiger charge is -2.06. The predicted molar refractivity (Wildman–Crippen MR) is 67.9 cm³/mol. The zero-order valence-electron chi connectivity index (χ0n) is 9.78. The Morgan fingerprint density at radius 1 is 0.944 bits per heavy atom. The summed E-state index contributed by atoms with van der Waals surface area (Å²) in [5, 5.41) is 10.3. The van der Waals surface area contributed by atoms with Crippen molar-refractivity contribution in [1.82, 2.24) is 0 Å². The average molecular weight is 243 g/mol.